The zero-order valence-corrected chi connectivity index (χ0v) is 12.2. The van der Waals surface area contributed by atoms with Crippen LogP contribution in [0.2, 0.25) is 0 Å². The van der Waals surface area contributed by atoms with Gasteiger partial charge >= 0.3 is 5.63 Å². The highest BCUT2D eigenvalue weighted by Crippen LogP contribution is 2.22. The summed E-state index contributed by atoms with van der Waals surface area (Å²) >= 11 is 0. The average molecular weight is 273 g/mol. The molecule has 2 aromatic rings. The van der Waals surface area contributed by atoms with Crippen LogP contribution >= 0.6 is 0 Å². The van der Waals surface area contributed by atoms with Crippen LogP contribution < -0.4 is 11.4 Å². The predicted octanol–water partition coefficient (Wildman–Crippen LogP) is 4.28. The van der Waals surface area contributed by atoms with Crippen molar-refractivity contribution in [1.29, 1.82) is 0 Å². The first-order valence-corrected chi connectivity index (χ1v) is 7.53. The van der Waals surface area contributed by atoms with Gasteiger partial charge in [-0.05, 0) is 30.5 Å². The first-order chi connectivity index (χ1) is 9.70. The topological polar surface area (TPSA) is 56.2 Å². The normalized spacial score (nSPS) is 11.1. The van der Waals surface area contributed by atoms with Crippen molar-refractivity contribution in [2.24, 2.45) is 0 Å². The molecule has 0 fully saturated rings. The fourth-order valence-corrected chi connectivity index (χ4v) is 2.49. The van der Waals surface area contributed by atoms with Gasteiger partial charge in [-0.1, -0.05) is 39.0 Å². The van der Waals surface area contributed by atoms with Gasteiger partial charge in [0.1, 0.15) is 5.58 Å². The minimum absolute atomic E-state index is 0.333. The molecule has 3 heteroatoms. The van der Waals surface area contributed by atoms with E-state index in [9.17, 15) is 4.79 Å². The minimum atomic E-state index is -0.333. The van der Waals surface area contributed by atoms with Crippen LogP contribution in [0.1, 0.15) is 51.0 Å². The Hall–Kier alpha value is -1.77. The third kappa shape index (κ3) is 3.86. The molecule has 1 heterocycles. The first-order valence-electron chi connectivity index (χ1n) is 7.53. The molecule has 0 saturated carbocycles. The largest absolute Gasteiger partial charge is 0.423 e. The van der Waals surface area contributed by atoms with E-state index in [1.54, 1.807) is 12.1 Å². The molecule has 0 aliphatic carbocycles. The van der Waals surface area contributed by atoms with Crippen molar-refractivity contribution in [3.63, 3.8) is 0 Å². The Bertz CT molecular complexity index is 616. The molecule has 0 aliphatic rings. The monoisotopic (exact) mass is 273 g/mol. The Morgan fingerprint density at radius 2 is 1.80 bits per heavy atom. The zero-order chi connectivity index (χ0) is 14.4. The lowest BCUT2D eigenvalue weighted by molar-refractivity contribution is 0.561. The standard InChI is InChI=1S/C17H23NO2/c1-2-3-4-5-6-7-8-13-11-14-9-10-17(19)20-16(14)12-15(13)18/h9-12H,2-8,18H2,1H3. The molecule has 20 heavy (non-hydrogen) atoms. The van der Waals surface area contributed by atoms with Crippen molar-refractivity contribution < 1.29 is 4.42 Å². The van der Waals surface area contributed by atoms with Gasteiger partial charge in [0, 0.05) is 23.2 Å². The van der Waals surface area contributed by atoms with Crippen LogP contribution in [-0.4, -0.2) is 0 Å². The zero-order valence-electron chi connectivity index (χ0n) is 12.2. The molecule has 3 nitrogen and oxygen atoms in total. The second-order valence-electron chi connectivity index (χ2n) is 5.36. The number of rotatable bonds is 7. The third-order valence-electron chi connectivity index (χ3n) is 3.68. The quantitative estimate of drug-likeness (QED) is 0.465. The summed E-state index contributed by atoms with van der Waals surface area (Å²) in [6.45, 7) is 2.23. The maximum absolute atomic E-state index is 11.2. The van der Waals surface area contributed by atoms with E-state index in [1.165, 1.54) is 38.2 Å². The molecule has 1 aromatic heterocycles. The van der Waals surface area contributed by atoms with Crippen LogP contribution in [0.4, 0.5) is 5.69 Å². The lowest BCUT2D eigenvalue weighted by Gasteiger charge is -2.07. The van der Waals surface area contributed by atoms with Crippen LogP contribution in [-0.2, 0) is 6.42 Å². The molecule has 108 valence electrons. The van der Waals surface area contributed by atoms with Gasteiger partial charge in [-0.2, -0.15) is 0 Å². The summed E-state index contributed by atoms with van der Waals surface area (Å²) in [7, 11) is 0. The Balaban J connectivity index is 1.98. The highest BCUT2D eigenvalue weighted by Gasteiger charge is 2.04. The molecule has 0 unspecified atom stereocenters. The Morgan fingerprint density at radius 1 is 1.05 bits per heavy atom. The van der Waals surface area contributed by atoms with E-state index in [0.29, 0.717) is 5.58 Å². The smallest absolute Gasteiger partial charge is 0.336 e. The van der Waals surface area contributed by atoms with Crippen molar-refractivity contribution in [3.05, 3.63) is 40.2 Å². The van der Waals surface area contributed by atoms with Gasteiger partial charge in [-0.3, -0.25) is 0 Å². The van der Waals surface area contributed by atoms with E-state index >= 15 is 0 Å². The number of anilines is 1. The van der Waals surface area contributed by atoms with E-state index in [1.807, 2.05) is 6.07 Å². The lowest BCUT2D eigenvalue weighted by Crippen LogP contribution is -1.98. The van der Waals surface area contributed by atoms with Crippen LogP contribution in [0.25, 0.3) is 11.0 Å². The third-order valence-corrected chi connectivity index (χ3v) is 3.68. The van der Waals surface area contributed by atoms with E-state index in [2.05, 4.69) is 6.92 Å². The van der Waals surface area contributed by atoms with Crippen LogP contribution in [0.3, 0.4) is 0 Å². The van der Waals surface area contributed by atoms with Crippen molar-refractivity contribution in [2.45, 2.75) is 51.9 Å². The van der Waals surface area contributed by atoms with Gasteiger partial charge < -0.3 is 10.2 Å². The van der Waals surface area contributed by atoms with Gasteiger partial charge in [0.2, 0.25) is 0 Å². The summed E-state index contributed by atoms with van der Waals surface area (Å²) in [6, 6.07) is 7.06. The van der Waals surface area contributed by atoms with Crippen LogP contribution in [0, 0.1) is 0 Å². The molecule has 0 aliphatic heterocycles. The molecule has 2 rings (SSSR count). The highest BCUT2D eigenvalue weighted by atomic mass is 16.4. The Kier molecular flexibility index (Phi) is 5.22. The summed E-state index contributed by atoms with van der Waals surface area (Å²) in [4.78, 5) is 11.2. The second-order valence-corrected chi connectivity index (χ2v) is 5.36. The summed E-state index contributed by atoms with van der Waals surface area (Å²) in [5.74, 6) is 0. The summed E-state index contributed by atoms with van der Waals surface area (Å²) in [5.41, 5.74) is 8.15. The Morgan fingerprint density at radius 3 is 2.60 bits per heavy atom. The summed E-state index contributed by atoms with van der Waals surface area (Å²) in [6.07, 6.45) is 8.65. The minimum Gasteiger partial charge on any atom is -0.423 e. The van der Waals surface area contributed by atoms with Gasteiger partial charge in [0.25, 0.3) is 0 Å². The van der Waals surface area contributed by atoms with Gasteiger partial charge in [-0.25, -0.2) is 4.79 Å². The van der Waals surface area contributed by atoms with Crippen LogP contribution in [0.5, 0.6) is 0 Å². The molecule has 0 saturated heterocycles. The summed E-state index contributed by atoms with van der Waals surface area (Å²) < 4.78 is 5.13. The molecule has 0 amide bonds. The maximum atomic E-state index is 11.2. The van der Waals surface area contributed by atoms with E-state index in [-0.39, 0.29) is 5.63 Å². The highest BCUT2D eigenvalue weighted by molar-refractivity contribution is 5.81. The molecule has 0 atom stereocenters. The molecule has 1 aromatic carbocycles. The fraction of sp³-hybridized carbons (Fsp3) is 0.471. The average Bonchev–Trinajstić information content (AvgIpc) is 2.43. The van der Waals surface area contributed by atoms with Gasteiger partial charge in [-0.15, -0.1) is 0 Å². The second kappa shape index (κ2) is 7.13. The summed E-state index contributed by atoms with van der Waals surface area (Å²) in [5, 5.41) is 0.944. The fourth-order valence-electron chi connectivity index (χ4n) is 2.49. The molecule has 0 bridgehead atoms. The van der Waals surface area contributed by atoms with E-state index < -0.39 is 0 Å². The van der Waals surface area contributed by atoms with Gasteiger partial charge in [0.05, 0.1) is 0 Å². The number of hydrogen-bond donors (Lipinski definition) is 1. The number of aryl methyl sites for hydroxylation is 1. The first kappa shape index (κ1) is 14.6. The van der Waals surface area contributed by atoms with E-state index in [0.717, 1.165) is 29.5 Å². The van der Waals surface area contributed by atoms with E-state index in [4.69, 9.17) is 10.2 Å². The molecule has 0 radical (unpaired) electrons. The van der Waals surface area contributed by atoms with Crippen molar-refractivity contribution >= 4 is 16.7 Å². The SMILES string of the molecule is CCCCCCCCc1cc2ccc(=O)oc2cc1N. The van der Waals surface area contributed by atoms with Gasteiger partial charge in [0.15, 0.2) is 0 Å². The molecular formula is C17H23NO2. The number of benzene rings is 1. The number of hydrogen-bond acceptors (Lipinski definition) is 3. The van der Waals surface area contributed by atoms with Crippen molar-refractivity contribution in [3.8, 4) is 0 Å². The molecule has 0 spiro atoms. The number of nitrogen functional groups attached to an aromatic ring is 1. The van der Waals surface area contributed by atoms with Crippen molar-refractivity contribution in [2.75, 3.05) is 5.73 Å². The number of unbranched alkanes of at least 4 members (excludes halogenated alkanes) is 5. The van der Waals surface area contributed by atoms with Crippen LogP contribution in [0.15, 0.2) is 33.5 Å². The maximum Gasteiger partial charge on any atom is 0.336 e. The number of fused-ring (bicyclic) bond motifs is 1. The number of nitrogens with two attached hydrogens (primary N) is 1. The molecule has 2 N–H and O–H groups in total. The lowest BCUT2D eigenvalue weighted by atomic mass is 10.0. The Labute approximate surface area is 119 Å². The predicted molar refractivity (Wildman–Crippen MR) is 84.0 cm³/mol. The molecular weight excluding hydrogens is 250 g/mol. The van der Waals surface area contributed by atoms with Crippen molar-refractivity contribution in [1.82, 2.24) is 0 Å².